The first-order valence-corrected chi connectivity index (χ1v) is 10.4. The molecule has 1 saturated heterocycles. The number of hydrogen-bond donors (Lipinski definition) is 2. The summed E-state index contributed by atoms with van der Waals surface area (Å²) < 4.78 is 27.4. The molecule has 0 saturated carbocycles. The summed E-state index contributed by atoms with van der Waals surface area (Å²) in [7, 11) is -1.76. The summed E-state index contributed by atoms with van der Waals surface area (Å²) in [6.45, 7) is 2.43. The third-order valence-corrected chi connectivity index (χ3v) is 6.14. The van der Waals surface area contributed by atoms with E-state index in [-0.39, 0.29) is 10.8 Å². The van der Waals surface area contributed by atoms with Crippen LogP contribution in [-0.2, 0) is 10.0 Å². The van der Waals surface area contributed by atoms with Crippen molar-refractivity contribution in [2.24, 2.45) is 5.92 Å². The number of amides is 1. The molecule has 2 aromatic rings. The lowest BCUT2D eigenvalue weighted by Crippen LogP contribution is -2.40. The fourth-order valence-electron chi connectivity index (χ4n) is 3.22. The predicted molar refractivity (Wildman–Crippen MR) is 104 cm³/mol. The number of carbonyl (C=O) groups excluding carboxylic acids is 1. The van der Waals surface area contributed by atoms with Gasteiger partial charge < -0.3 is 10.2 Å². The van der Waals surface area contributed by atoms with Crippen LogP contribution in [0.5, 0.6) is 0 Å². The first kappa shape index (κ1) is 19.3. The summed E-state index contributed by atoms with van der Waals surface area (Å²) in [6, 6.07) is 9.22. The Bertz CT molecular complexity index is 862. The van der Waals surface area contributed by atoms with Crippen LogP contribution in [0.2, 0.25) is 0 Å². The Balaban J connectivity index is 1.65. The lowest BCUT2D eigenvalue weighted by molar-refractivity contribution is 0.0691. The van der Waals surface area contributed by atoms with Gasteiger partial charge in [0.25, 0.3) is 15.9 Å². The molecule has 0 radical (unpaired) electrons. The number of piperidine rings is 1. The van der Waals surface area contributed by atoms with Crippen LogP contribution in [0.3, 0.4) is 0 Å². The maximum atomic E-state index is 12.7. The summed E-state index contributed by atoms with van der Waals surface area (Å²) >= 11 is 0. The van der Waals surface area contributed by atoms with E-state index < -0.39 is 10.0 Å². The van der Waals surface area contributed by atoms with Gasteiger partial charge in [-0.25, -0.2) is 8.42 Å². The minimum atomic E-state index is -3.70. The van der Waals surface area contributed by atoms with E-state index in [9.17, 15) is 13.2 Å². The van der Waals surface area contributed by atoms with E-state index in [1.165, 1.54) is 24.5 Å². The highest BCUT2D eigenvalue weighted by molar-refractivity contribution is 7.92. The van der Waals surface area contributed by atoms with Gasteiger partial charge in [-0.15, -0.1) is 0 Å². The topological polar surface area (TPSA) is 91.4 Å². The Morgan fingerprint density at radius 1 is 1.11 bits per heavy atom. The molecule has 1 aromatic carbocycles. The Morgan fingerprint density at radius 3 is 2.33 bits per heavy atom. The molecule has 0 bridgehead atoms. The van der Waals surface area contributed by atoms with Gasteiger partial charge in [-0.1, -0.05) is 0 Å². The van der Waals surface area contributed by atoms with E-state index in [4.69, 9.17) is 0 Å². The largest absolute Gasteiger partial charge is 0.339 e. The van der Waals surface area contributed by atoms with E-state index in [0.29, 0.717) is 17.2 Å². The van der Waals surface area contributed by atoms with Crippen LogP contribution in [0.25, 0.3) is 0 Å². The molecule has 1 fully saturated rings. The molecule has 1 amide bonds. The Hall–Kier alpha value is -2.45. The maximum Gasteiger partial charge on any atom is 0.261 e. The number of hydrogen-bond acceptors (Lipinski definition) is 5. The van der Waals surface area contributed by atoms with Crippen molar-refractivity contribution in [3.63, 3.8) is 0 Å². The van der Waals surface area contributed by atoms with Crippen LogP contribution in [0, 0.1) is 5.92 Å². The molecule has 2 N–H and O–H groups in total. The van der Waals surface area contributed by atoms with Crippen molar-refractivity contribution >= 4 is 21.6 Å². The van der Waals surface area contributed by atoms with Gasteiger partial charge in [-0.3, -0.25) is 14.5 Å². The van der Waals surface area contributed by atoms with Gasteiger partial charge in [-0.2, -0.15) is 0 Å². The summed E-state index contributed by atoms with van der Waals surface area (Å²) in [6.07, 6.45) is 4.99. The molecule has 0 spiro atoms. The van der Waals surface area contributed by atoms with Crippen LogP contribution in [0.4, 0.5) is 5.69 Å². The number of benzene rings is 1. The standard InChI is InChI=1S/C19H24N4O3S/c1-20-14-15-8-12-23(13-9-15)19(24)16-2-4-18(5-3-16)27(25,26)22-17-6-10-21-11-7-17/h2-7,10-11,15,20H,8-9,12-14H2,1H3,(H,21,22). The molecule has 0 aliphatic carbocycles. The Kier molecular flexibility index (Phi) is 6.08. The molecule has 144 valence electrons. The van der Waals surface area contributed by atoms with E-state index in [0.717, 1.165) is 32.5 Å². The Labute approximate surface area is 159 Å². The quantitative estimate of drug-likeness (QED) is 0.789. The number of anilines is 1. The number of likely N-dealkylation sites (tertiary alicyclic amines) is 1. The van der Waals surface area contributed by atoms with Gasteiger partial charge in [0.1, 0.15) is 0 Å². The fourth-order valence-corrected chi connectivity index (χ4v) is 4.28. The van der Waals surface area contributed by atoms with Crippen LogP contribution in [0.15, 0.2) is 53.7 Å². The number of aromatic nitrogens is 1. The zero-order valence-corrected chi connectivity index (χ0v) is 16.1. The van der Waals surface area contributed by atoms with Crippen LogP contribution < -0.4 is 10.0 Å². The molecular weight excluding hydrogens is 364 g/mol. The molecule has 8 heteroatoms. The second-order valence-electron chi connectivity index (χ2n) is 6.66. The first-order valence-electron chi connectivity index (χ1n) is 8.96. The number of nitrogens with one attached hydrogen (secondary N) is 2. The number of pyridine rings is 1. The molecule has 0 atom stereocenters. The van der Waals surface area contributed by atoms with Crippen molar-refractivity contribution in [2.75, 3.05) is 31.4 Å². The molecule has 1 aliphatic rings. The zero-order chi connectivity index (χ0) is 19.3. The SMILES string of the molecule is CNCC1CCN(C(=O)c2ccc(S(=O)(=O)Nc3ccncc3)cc2)CC1. The van der Waals surface area contributed by atoms with Crippen molar-refractivity contribution in [1.82, 2.24) is 15.2 Å². The van der Waals surface area contributed by atoms with Crippen molar-refractivity contribution < 1.29 is 13.2 Å². The van der Waals surface area contributed by atoms with Crippen molar-refractivity contribution in [3.05, 3.63) is 54.4 Å². The minimum Gasteiger partial charge on any atom is -0.339 e. The smallest absolute Gasteiger partial charge is 0.261 e. The molecular formula is C19H24N4O3S. The number of rotatable bonds is 6. The molecule has 7 nitrogen and oxygen atoms in total. The summed E-state index contributed by atoms with van der Waals surface area (Å²) in [4.78, 5) is 18.5. The second-order valence-corrected chi connectivity index (χ2v) is 8.34. The van der Waals surface area contributed by atoms with Crippen molar-refractivity contribution in [2.45, 2.75) is 17.7 Å². The molecule has 2 heterocycles. The average molecular weight is 388 g/mol. The lowest BCUT2D eigenvalue weighted by atomic mass is 9.96. The summed E-state index contributed by atoms with van der Waals surface area (Å²) in [5.41, 5.74) is 0.944. The van der Waals surface area contributed by atoms with Gasteiger partial charge in [-0.05, 0) is 68.8 Å². The van der Waals surface area contributed by atoms with Gasteiger partial charge in [0.2, 0.25) is 0 Å². The van der Waals surface area contributed by atoms with Gasteiger partial charge in [0.15, 0.2) is 0 Å². The molecule has 1 aliphatic heterocycles. The van der Waals surface area contributed by atoms with Crippen molar-refractivity contribution in [3.8, 4) is 0 Å². The highest BCUT2D eigenvalue weighted by Crippen LogP contribution is 2.20. The highest BCUT2D eigenvalue weighted by atomic mass is 32.2. The van der Waals surface area contributed by atoms with Crippen LogP contribution in [0.1, 0.15) is 23.2 Å². The monoisotopic (exact) mass is 388 g/mol. The maximum absolute atomic E-state index is 12.7. The first-order chi connectivity index (χ1) is 13.0. The lowest BCUT2D eigenvalue weighted by Gasteiger charge is -2.32. The Morgan fingerprint density at radius 2 is 1.74 bits per heavy atom. The van der Waals surface area contributed by atoms with E-state index >= 15 is 0 Å². The van der Waals surface area contributed by atoms with E-state index in [2.05, 4.69) is 15.0 Å². The molecule has 3 rings (SSSR count). The molecule has 1 aromatic heterocycles. The number of sulfonamides is 1. The fraction of sp³-hybridized carbons (Fsp3) is 0.368. The highest BCUT2D eigenvalue weighted by Gasteiger charge is 2.23. The van der Waals surface area contributed by atoms with Crippen LogP contribution >= 0.6 is 0 Å². The molecule has 27 heavy (non-hydrogen) atoms. The minimum absolute atomic E-state index is 0.0519. The summed E-state index contributed by atoms with van der Waals surface area (Å²) in [5, 5.41) is 3.18. The number of nitrogens with zero attached hydrogens (tertiary/aromatic N) is 2. The summed E-state index contributed by atoms with van der Waals surface area (Å²) in [5.74, 6) is 0.551. The molecule has 0 unspecified atom stereocenters. The normalized spacial score (nSPS) is 15.5. The van der Waals surface area contributed by atoms with Crippen molar-refractivity contribution in [1.29, 1.82) is 0 Å². The zero-order valence-electron chi connectivity index (χ0n) is 15.3. The van der Waals surface area contributed by atoms with E-state index in [1.807, 2.05) is 11.9 Å². The van der Waals surface area contributed by atoms with Gasteiger partial charge in [0, 0.05) is 31.0 Å². The third-order valence-electron chi connectivity index (χ3n) is 4.74. The van der Waals surface area contributed by atoms with Gasteiger partial charge >= 0.3 is 0 Å². The number of carbonyl (C=O) groups is 1. The van der Waals surface area contributed by atoms with Gasteiger partial charge in [0.05, 0.1) is 10.6 Å². The second kappa shape index (κ2) is 8.49. The average Bonchev–Trinajstić information content (AvgIpc) is 2.69. The van der Waals surface area contributed by atoms with E-state index in [1.54, 1.807) is 24.3 Å². The third kappa shape index (κ3) is 4.84. The van der Waals surface area contributed by atoms with Crippen LogP contribution in [-0.4, -0.2) is 50.9 Å². The predicted octanol–water partition coefficient (Wildman–Crippen LogP) is 1.95.